The van der Waals surface area contributed by atoms with Gasteiger partial charge in [-0.1, -0.05) is 52.0 Å². The van der Waals surface area contributed by atoms with Crippen molar-refractivity contribution in [3.05, 3.63) is 35.4 Å². The van der Waals surface area contributed by atoms with E-state index in [0.29, 0.717) is 18.4 Å². The van der Waals surface area contributed by atoms with Crippen LogP contribution in [0.5, 0.6) is 0 Å². The van der Waals surface area contributed by atoms with Gasteiger partial charge in [0.25, 0.3) is 0 Å². The zero-order valence-corrected chi connectivity index (χ0v) is 21.9. The Balaban J connectivity index is 0.00000342. The van der Waals surface area contributed by atoms with Gasteiger partial charge in [0.2, 0.25) is 11.8 Å². The fourth-order valence-electron chi connectivity index (χ4n) is 6.29. The predicted molar refractivity (Wildman–Crippen MR) is 140 cm³/mol. The summed E-state index contributed by atoms with van der Waals surface area (Å²) in [4.78, 5) is 29.9. The van der Waals surface area contributed by atoms with E-state index < -0.39 is 0 Å². The minimum atomic E-state index is -0.0849. The maximum Gasteiger partial charge on any atom is 0.225 e. The number of fused-ring (bicyclic) bond motifs is 2. The lowest BCUT2D eigenvalue weighted by atomic mass is 9.63. The van der Waals surface area contributed by atoms with E-state index in [0.717, 1.165) is 32.2 Å². The van der Waals surface area contributed by atoms with Crippen LogP contribution < -0.4 is 5.32 Å². The molecule has 190 valence electrons. The predicted octanol–water partition coefficient (Wildman–Crippen LogP) is 5.30. The summed E-state index contributed by atoms with van der Waals surface area (Å²) < 4.78 is 0. The van der Waals surface area contributed by atoms with Crippen LogP contribution in [0.3, 0.4) is 0 Å². The van der Waals surface area contributed by atoms with Gasteiger partial charge >= 0.3 is 0 Å². The monoisotopic (exact) mass is 469 g/mol. The Bertz CT molecular complexity index is 873. The van der Waals surface area contributed by atoms with Gasteiger partial charge in [0.05, 0.1) is 12.0 Å². The molecule has 0 aromatic heterocycles. The van der Waals surface area contributed by atoms with Crippen molar-refractivity contribution in [1.29, 1.82) is 0 Å². The second-order valence-electron chi connectivity index (χ2n) is 12.2. The fourth-order valence-corrected chi connectivity index (χ4v) is 6.29. The first-order valence-corrected chi connectivity index (χ1v) is 13.6. The highest BCUT2D eigenvalue weighted by atomic mass is 16.2. The molecule has 1 spiro atoms. The van der Waals surface area contributed by atoms with Crippen molar-refractivity contribution in [2.24, 2.45) is 11.3 Å². The molecule has 5 heteroatoms. The molecule has 1 aromatic carbocycles. The number of amides is 2. The highest BCUT2D eigenvalue weighted by Gasteiger charge is 2.42. The number of hydrogen-bond acceptors (Lipinski definition) is 3. The zero-order valence-electron chi connectivity index (χ0n) is 21.9. The van der Waals surface area contributed by atoms with Gasteiger partial charge in [0, 0.05) is 20.9 Å². The summed E-state index contributed by atoms with van der Waals surface area (Å²) in [5.41, 5.74) is 3.43. The van der Waals surface area contributed by atoms with E-state index in [9.17, 15) is 9.59 Å². The summed E-state index contributed by atoms with van der Waals surface area (Å²) in [6, 6.07) is 8.94. The number of nitrogens with one attached hydrogen (secondary N) is 1. The van der Waals surface area contributed by atoms with E-state index in [2.05, 4.69) is 55.3 Å². The summed E-state index contributed by atoms with van der Waals surface area (Å²) >= 11 is 0. The Morgan fingerprint density at radius 3 is 2.53 bits per heavy atom. The lowest BCUT2D eigenvalue weighted by Gasteiger charge is -2.47. The molecule has 0 radical (unpaired) electrons. The van der Waals surface area contributed by atoms with Crippen LogP contribution in [0.15, 0.2) is 24.3 Å². The molecular weight excluding hydrogens is 422 g/mol. The molecule has 2 atom stereocenters. The molecule has 3 aliphatic rings. The number of hydrogen-bond donors (Lipinski definition) is 1. The summed E-state index contributed by atoms with van der Waals surface area (Å²) in [6.45, 7) is 13.8. The Hall–Kier alpha value is -1.88. The number of benzene rings is 1. The molecular formula is C29H47N3O2. The van der Waals surface area contributed by atoms with Crippen LogP contribution in [0, 0.1) is 11.3 Å². The molecule has 1 aliphatic carbocycles. The lowest BCUT2D eigenvalue weighted by molar-refractivity contribution is -0.135. The molecule has 5 nitrogen and oxygen atoms in total. The van der Waals surface area contributed by atoms with Crippen molar-refractivity contribution in [3.63, 3.8) is 0 Å². The highest BCUT2D eigenvalue weighted by molar-refractivity contribution is 5.81. The van der Waals surface area contributed by atoms with Gasteiger partial charge < -0.3 is 15.1 Å². The van der Waals surface area contributed by atoms with Gasteiger partial charge in [0.1, 0.15) is 0 Å². The van der Waals surface area contributed by atoms with Crippen molar-refractivity contribution in [2.45, 2.75) is 90.5 Å². The van der Waals surface area contributed by atoms with Crippen LogP contribution in [0.2, 0.25) is 0 Å². The fraction of sp³-hybridized carbons (Fsp3) is 0.724. The van der Waals surface area contributed by atoms with Crippen molar-refractivity contribution >= 4 is 11.8 Å². The molecule has 1 aromatic rings. The summed E-state index contributed by atoms with van der Waals surface area (Å²) in [5.74, 6) is 0.205. The Kier molecular flexibility index (Phi) is 7.71. The normalized spacial score (nSPS) is 25.1. The van der Waals surface area contributed by atoms with Crippen LogP contribution in [-0.4, -0.2) is 54.3 Å². The van der Waals surface area contributed by atoms with Crippen LogP contribution in [-0.2, 0) is 15.0 Å². The number of rotatable bonds is 5. The number of likely N-dealkylation sites (tertiary alicyclic amines) is 2. The van der Waals surface area contributed by atoms with E-state index in [1.807, 2.05) is 11.8 Å². The average molecular weight is 470 g/mol. The third-order valence-electron chi connectivity index (χ3n) is 8.57. The third kappa shape index (κ3) is 5.67. The van der Waals surface area contributed by atoms with Crippen LogP contribution in [0.1, 0.15) is 97.7 Å². The average Bonchev–Trinajstić information content (AvgIpc) is 2.84. The smallest absolute Gasteiger partial charge is 0.225 e. The van der Waals surface area contributed by atoms with Gasteiger partial charge in [-0.2, -0.15) is 0 Å². The Labute approximate surface area is 208 Å². The van der Waals surface area contributed by atoms with Crippen LogP contribution >= 0.6 is 0 Å². The Morgan fingerprint density at radius 1 is 1.09 bits per heavy atom. The van der Waals surface area contributed by atoms with Gasteiger partial charge in [-0.3, -0.25) is 9.59 Å². The molecule has 0 saturated carbocycles. The molecule has 34 heavy (non-hydrogen) atoms. The Morgan fingerprint density at radius 2 is 1.82 bits per heavy atom. The third-order valence-corrected chi connectivity index (χ3v) is 8.57. The van der Waals surface area contributed by atoms with Crippen molar-refractivity contribution in [1.82, 2.24) is 15.1 Å². The van der Waals surface area contributed by atoms with Crippen molar-refractivity contribution in [3.8, 4) is 0 Å². The summed E-state index contributed by atoms with van der Waals surface area (Å²) in [5, 5.41) is 3.40. The van der Waals surface area contributed by atoms with Crippen LogP contribution in [0.4, 0.5) is 0 Å². The van der Waals surface area contributed by atoms with E-state index in [-0.39, 0.29) is 30.6 Å². The van der Waals surface area contributed by atoms with Crippen molar-refractivity contribution < 1.29 is 11.0 Å². The van der Waals surface area contributed by atoms with E-state index >= 15 is 0 Å². The standard InChI is InChI=1S/C29H45N3O2.H2/c1-5-26(33)32-17-8-9-22(21-32)27(34)30-25-12-13-29(24-11-7-6-10-23(24)25)15-19-31(20-16-29)18-14-28(2,3)4;/h6-7,10-11,22,25H,5,8-9,12-21H2,1-4H3,(H,30,34);1H/t22?,25-;/m1./s1. The molecule has 2 heterocycles. The molecule has 1 unspecified atom stereocenters. The van der Waals surface area contributed by atoms with Gasteiger partial charge in [-0.15, -0.1) is 0 Å². The number of nitrogens with zero attached hydrogens (tertiary/aromatic N) is 2. The van der Waals surface area contributed by atoms with Crippen molar-refractivity contribution in [2.75, 3.05) is 32.7 Å². The second kappa shape index (κ2) is 10.4. The highest BCUT2D eigenvalue weighted by Crippen LogP contribution is 2.48. The molecule has 0 bridgehead atoms. The largest absolute Gasteiger partial charge is 0.349 e. The summed E-state index contributed by atoms with van der Waals surface area (Å²) in [6.07, 6.45) is 8.13. The van der Waals surface area contributed by atoms with Gasteiger partial charge in [-0.05, 0) is 86.5 Å². The summed E-state index contributed by atoms with van der Waals surface area (Å²) in [7, 11) is 0. The second-order valence-corrected chi connectivity index (χ2v) is 12.2. The topological polar surface area (TPSA) is 52.7 Å². The van der Waals surface area contributed by atoms with E-state index in [1.54, 1.807) is 0 Å². The molecule has 4 rings (SSSR count). The number of carbonyl (C=O) groups is 2. The first-order valence-electron chi connectivity index (χ1n) is 13.6. The quantitative estimate of drug-likeness (QED) is 0.636. The van der Waals surface area contributed by atoms with E-state index in [1.165, 1.54) is 50.0 Å². The maximum atomic E-state index is 13.2. The van der Waals surface area contributed by atoms with Gasteiger partial charge in [0.15, 0.2) is 0 Å². The number of piperidine rings is 2. The molecule has 2 amide bonds. The van der Waals surface area contributed by atoms with Crippen LogP contribution in [0.25, 0.3) is 0 Å². The maximum absolute atomic E-state index is 13.2. The molecule has 2 fully saturated rings. The minimum absolute atomic E-state index is 0. The van der Waals surface area contributed by atoms with E-state index in [4.69, 9.17) is 0 Å². The molecule has 2 aliphatic heterocycles. The van der Waals surface area contributed by atoms with Gasteiger partial charge in [-0.25, -0.2) is 0 Å². The molecule has 1 N–H and O–H groups in total. The number of carbonyl (C=O) groups excluding carboxylic acids is 2. The zero-order chi connectivity index (χ0) is 24.3. The SMILES string of the molecule is CCC(=O)N1CCCC(C(=O)N[C@@H]2CCC3(CCN(CCC(C)(C)C)CC3)c3ccccc32)C1.[HH]. The lowest BCUT2D eigenvalue weighted by Crippen LogP contribution is -2.48. The first-order chi connectivity index (χ1) is 16.2. The molecule has 2 saturated heterocycles. The minimum Gasteiger partial charge on any atom is -0.349 e. The first kappa shape index (κ1) is 25.2.